The lowest BCUT2D eigenvalue weighted by molar-refractivity contribution is 0.661. The minimum atomic E-state index is -0.00947. The van der Waals surface area contributed by atoms with Crippen molar-refractivity contribution in [2.75, 3.05) is 0 Å². The summed E-state index contributed by atoms with van der Waals surface area (Å²) in [4.78, 5) is 0. The van der Waals surface area contributed by atoms with E-state index in [-0.39, 0.29) is 5.41 Å². The number of para-hydroxylation sites is 1. The fourth-order valence-electron chi connectivity index (χ4n) is 7.14. The van der Waals surface area contributed by atoms with Crippen molar-refractivity contribution in [2.24, 2.45) is 0 Å². The molecule has 0 fully saturated rings. The molecule has 1 aliphatic carbocycles. The molecule has 2 heteroatoms. The van der Waals surface area contributed by atoms with Gasteiger partial charge in [-0.05, 0) is 58.0 Å². The first-order chi connectivity index (χ1) is 19.1. The highest BCUT2D eigenvalue weighted by Crippen LogP contribution is 2.51. The number of benzene rings is 6. The van der Waals surface area contributed by atoms with Gasteiger partial charge in [0, 0.05) is 37.0 Å². The highest BCUT2D eigenvalue weighted by Gasteiger charge is 2.35. The maximum absolute atomic E-state index is 2.53. The average molecular weight is 516 g/mol. The lowest BCUT2D eigenvalue weighted by Gasteiger charge is -2.21. The standard InChI is InChI=1S/C37H25NS/c1-37(2)30-14-6-3-10-23(30)29-21-28-22(20-31(29)37)18-19-26-24-11-4-7-15-32(24)38(35(26)28)33-16-9-13-27-25-12-5-8-17-34(25)39-36(27)33/h3-21H,1-2H3. The SMILES string of the molecule is CC1(C)c2ccccc2-c2cc3c(ccc4c5ccccc5n(-c5cccc6c5sc5ccccc56)c34)cc21. The van der Waals surface area contributed by atoms with Crippen LogP contribution >= 0.6 is 11.3 Å². The van der Waals surface area contributed by atoms with Gasteiger partial charge in [-0.25, -0.2) is 0 Å². The molecule has 0 bridgehead atoms. The summed E-state index contributed by atoms with van der Waals surface area (Å²) < 4.78 is 5.21. The molecule has 0 atom stereocenters. The maximum Gasteiger partial charge on any atom is 0.0641 e. The van der Waals surface area contributed by atoms with Crippen molar-refractivity contribution in [3.05, 3.63) is 126 Å². The second-order valence-electron chi connectivity index (χ2n) is 11.4. The summed E-state index contributed by atoms with van der Waals surface area (Å²) in [6, 6.07) is 43.0. The largest absolute Gasteiger partial charge is 0.307 e. The van der Waals surface area contributed by atoms with Crippen LogP contribution in [0.4, 0.5) is 0 Å². The van der Waals surface area contributed by atoms with E-state index >= 15 is 0 Å². The smallest absolute Gasteiger partial charge is 0.0641 e. The van der Waals surface area contributed by atoms with E-state index < -0.39 is 0 Å². The zero-order valence-electron chi connectivity index (χ0n) is 21.8. The van der Waals surface area contributed by atoms with Crippen LogP contribution < -0.4 is 0 Å². The molecule has 0 unspecified atom stereocenters. The van der Waals surface area contributed by atoms with Crippen LogP contribution in [0, 0.1) is 0 Å². The van der Waals surface area contributed by atoms with Gasteiger partial charge < -0.3 is 4.57 Å². The second kappa shape index (κ2) is 7.37. The minimum absolute atomic E-state index is 0.00947. The van der Waals surface area contributed by atoms with Crippen LogP contribution in [-0.2, 0) is 5.41 Å². The number of hydrogen-bond donors (Lipinski definition) is 0. The van der Waals surface area contributed by atoms with Crippen molar-refractivity contribution < 1.29 is 0 Å². The zero-order chi connectivity index (χ0) is 25.9. The molecule has 2 aromatic heterocycles. The molecule has 8 aromatic rings. The Balaban J connectivity index is 1.47. The highest BCUT2D eigenvalue weighted by molar-refractivity contribution is 7.26. The number of thiophene rings is 1. The van der Waals surface area contributed by atoms with Crippen LogP contribution in [0.5, 0.6) is 0 Å². The summed E-state index contributed by atoms with van der Waals surface area (Å²) in [5.41, 5.74) is 9.37. The molecule has 2 heterocycles. The van der Waals surface area contributed by atoms with E-state index in [2.05, 4.69) is 134 Å². The summed E-state index contributed by atoms with van der Waals surface area (Å²) in [6.07, 6.45) is 0. The van der Waals surface area contributed by atoms with Crippen LogP contribution in [0.2, 0.25) is 0 Å². The van der Waals surface area contributed by atoms with E-state index in [0.717, 1.165) is 0 Å². The molecule has 0 N–H and O–H groups in total. The number of nitrogens with zero attached hydrogens (tertiary/aromatic N) is 1. The van der Waals surface area contributed by atoms with Crippen molar-refractivity contribution >= 4 is 64.1 Å². The van der Waals surface area contributed by atoms with Crippen molar-refractivity contribution in [1.29, 1.82) is 0 Å². The first-order valence-corrected chi connectivity index (χ1v) is 14.4. The molecule has 1 nitrogen and oxygen atoms in total. The van der Waals surface area contributed by atoms with E-state index in [1.54, 1.807) is 0 Å². The van der Waals surface area contributed by atoms with Gasteiger partial charge in [0.15, 0.2) is 0 Å². The third-order valence-electron chi connectivity index (χ3n) is 8.98. The summed E-state index contributed by atoms with van der Waals surface area (Å²) in [7, 11) is 0. The molecule has 0 saturated carbocycles. The Hall–Kier alpha value is -4.40. The number of rotatable bonds is 1. The minimum Gasteiger partial charge on any atom is -0.307 e. The predicted octanol–water partition coefficient (Wildman–Crippen LogP) is 10.6. The fraction of sp³-hybridized carbons (Fsp3) is 0.0811. The monoisotopic (exact) mass is 515 g/mol. The third-order valence-corrected chi connectivity index (χ3v) is 10.2. The van der Waals surface area contributed by atoms with Crippen molar-refractivity contribution in [3.8, 4) is 16.8 Å². The molecular formula is C37H25NS. The summed E-state index contributed by atoms with van der Waals surface area (Å²) in [5.74, 6) is 0. The molecule has 0 radical (unpaired) electrons. The van der Waals surface area contributed by atoms with Crippen LogP contribution in [0.15, 0.2) is 115 Å². The molecule has 0 spiro atoms. The van der Waals surface area contributed by atoms with E-state index in [1.165, 1.54) is 80.7 Å². The highest BCUT2D eigenvalue weighted by atomic mass is 32.1. The maximum atomic E-state index is 2.53. The Morgan fingerprint density at radius 2 is 1.33 bits per heavy atom. The van der Waals surface area contributed by atoms with E-state index in [4.69, 9.17) is 0 Å². The Morgan fingerprint density at radius 3 is 2.26 bits per heavy atom. The Kier molecular flexibility index (Phi) is 4.07. The van der Waals surface area contributed by atoms with Gasteiger partial charge in [-0.2, -0.15) is 0 Å². The Bertz CT molecular complexity index is 2310. The molecular weight excluding hydrogens is 490 g/mol. The lowest BCUT2D eigenvalue weighted by atomic mass is 9.82. The number of aromatic nitrogens is 1. The molecule has 6 aromatic carbocycles. The molecule has 1 aliphatic rings. The summed E-state index contributed by atoms with van der Waals surface area (Å²) in [6.45, 7) is 4.72. The fourth-order valence-corrected chi connectivity index (χ4v) is 8.34. The third kappa shape index (κ3) is 2.69. The van der Waals surface area contributed by atoms with Gasteiger partial charge in [-0.3, -0.25) is 0 Å². The van der Waals surface area contributed by atoms with Gasteiger partial charge in [-0.15, -0.1) is 11.3 Å². The molecule has 9 rings (SSSR count). The van der Waals surface area contributed by atoms with Gasteiger partial charge in [0.1, 0.15) is 0 Å². The first-order valence-electron chi connectivity index (χ1n) is 13.6. The van der Waals surface area contributed by atoms with Crippen LogP contribution in [0.1, 0.15) is 25.0 Å². The lowest BCUT2D eigenvalue weighted by Crippen LogP contribution is -2.14. The van der Waals surface area contributed by atoms with Crippen molar-refractivity contribution in [1.82, 2.24) is 4.57 Å². The zero-order valence-corrected chi connectivity index (χ0v) is 22.6. The van der Waals surface area contributed by atoms with Crippen LogP contribution in [0.3, 0.4) is 0 Å². The average Bonchev–Trinajstić information content (AvgIpc) is 3.59. The second-order valence-corrected chi connectivity index (χ2v) is 12.4. The van der Waals surface area contributed by atoms with Gasteiger partial charge >= 0.3 is 0 Å². The normalized spacial score (nSPS) is 14.1. The van der Waals surface area contributed by atoms with Crippen molar-refractivity contribution in [3.63, 3.8) is 0 Å². The Morgan fingerprint density at radius 1 is 0.564 bits per heavy atom. The van der Waals surface area contributed by atoms with Crippen molar-refractivity contribution in [2.45, 2.75) is 19.3 Å². The molecule has 184 valence electrons. The summed E-state index contributed by atoms with van der Waals surface area (Å²) >= 11 is 1.90. The van der Waals surface area contributed by atoms with E-state index in [9.17, 15) is 0 Å². The number of fused-ring (bicyclic) bond motifs is 11. The number of hydrogen-bond acceptors (Lipinski definition) is 1. The molecule has 0 saturated heterocycles. The van der Waals surface area contributed by atoms with Gasteiger partial charge in [0.25, 0.3) is 0 Å². The molecule has 0 amide bonds. The quantitative estimate of drug-likeness (QED) is 0.205. The molecule has 0 aliphatic heterocycles. The van der Waals surface area contributed by atoms with Crippen LogP contribution in [0.25, 0.3) is 69.6 Å². The Labute approximate surface area is 230 Å². The first kappa shape index (κ1) is 21.5. The van der Waals surface area contributed by atoms with Gasteiger partial charge in [-0.1, -0.05) is 98.8 Å². The van der Waals surface area contributed by atoms with Crippen LogP contribution in [-0.4, -0.2) is 4.57 Å². The van der Waals surface area contributed by atoms with E-state index in [0.29, 0.717) is 0 Å². The topological polar surface area (TPSA) is 4.93 Å². The van der Waals surface area contributed by atoms with Gasteiger partial charge in [0.05, 0.1) is 21.4 Å². The van der Waals surface area contributed by atoms with E-state index in [1.807, 2.05) is 11.3 Å². The molecule has 39 heavy (non-hydrogen) atoms. The van der Waals surface area contributed by atoms with Gasteiger partial charge in [0.2, 0.25) is 0 Å². The predicted molar refractivity (Wildman–Crippen MR) is 169 cm³/mol. The summed E-state index contributed by atoms with van der Waals surface area (Å²) in [5, 5.41) is 7.88.